The molecule has 0 saturated carbocycles. The Labute approximate surface area is 174 Å². The molecular formula is C20H21Cl2F2N3O. The van der Waals surface area contributed by atoms with Crippen molar-refractivity contribution in [2.24, 2.45) is 0 Å². The van der Waals surface area contributed by atoms with Crippen LogP contribution in [0.15, 0.2) is 59.1 Å². The first-order valence-electron chi connectivity index (χ1n) is 8.60. The number of nitrogens with zero attached hydrogens (tertiary/aromatic N) is 2. The van der Waals surface area contributed by atoms with E-state index in [2.05, 4.69) is 15.2 Å². The number of oxazole rings is 1. The Bertz CT molecular complexity index is 906. The minimum Gasteiger partial charge on any atom is -0.439 e. The minimum atomic E-state index is -0.311. The molecule has 0 bridgehead atoms. The van der Waals surface area contributed by atoms with E-state index in [9.17, 15) is 8.78 Å². The summed E-state index contributed by atoms with van der Waals surface area (Å²) < 4.78 is 32.8. The summed E-state index contributed by atoms with van der Waals surface area (Å²) in [7, 11) is 0. The highest BCUT2D eigenvalue weighted by Gasteiger charge is 2.25. The van der Waals surface area contributed by atoms with Gasteiger partial charge in [-0.2, -0.15) is 0 Å². The summed E-state index contributed by atoms with van der Waals surface area (Å²) in [5.41, 5.74) is 1.58. The normalized spacial score (nSPS) is 16.9. The quantitative estimate of drug-likeness (QED) is 0.659. The molecule has 1 saturated heterocycles. The zero-order valence-electron chi connectivity index (χ0n) is 15.0. The van der Waals surface area contributed by atoms with Crippen molar-refractivity contribution in [1.82, 2.24) is 15.2 Å². The van der Waals surface area contributed by atoms with E-state index < -0.39 is 0 Å². The van der Waals surface area contributed by atoms with Gasteiger partial charge in [0, 0.05) is 31.2 Å². The fourth-order valence-electron chi connectivity index (χ4n) is 3.31. The van der Waals surface area contributed by atoms with Crippen molar-refractivity contribution in [3.05, 3.63) is 77.8 Å². The second-order valence-electron chi connectivity index (χ2n) is 6.37. The summed E-state index contributed by atoms with van der Waals surface area (Å²) >= 11 is 0. The van der Waals surface area contributed by atoms with Gasteiger partial charge in [-0.15, -0.1) is 24.8 Å². The number of nitrogens with one attached hydrogen (secondary N) is 1. The van der Waals surface area contributed by atoms with Crippen molar-refractivity contribution in [3.8, 4) is 11.3 Å². The third-order valence-electron chi connectivity index (χ3n) is 4.59. The summed E-state index contributed by atoms with van der Waals surface area (Å²) in [6.07, 6.45) is 1.61. The Hall–Kier alpha value is -1.99. The van der Waals surface area contributed by atoms with Gasteiger partial charge in [0.2, 0.25) is 5.89 Å². The van der Waals surface area contributed by atoms with Gasteiger partial charge in [0.25, 0.3) is 0 Å². The predicted molar refractivity (Wildman–Crippen MR) is 109 cm³/mol. The van der Waals surface area contributed by atoms with E-state index in [0.717, 1.165) is 25.2 Å². The zero-order chi connectivity index (χ0) is 17.9. The van der Waals surface area contributed by atoms with Crippen molar-refractivity contribution in [1.29, 1.82) is 0 Å². The molecule has 0 spiro atoms. The van der Waals surface area contributed by atoms with Gasteiger partial charge in [0.15, 0.2) is 5.76 Å². The lowest BCUT2D eigenvalue weighted by molar-refractivity contribution is 0.140. The molecule has 0 radical (unpaired) electrons. The summed E-state index contributed by atoms with van der Waals surface area (Å²) in [6.45, 7) is 2.90. The number of rotatable bonds is 4. The van der Waals surface area contributed by atoms with Gasteiger partial charge in [0.05, 0.1) is 12.7 Å². The predicted octanol–water partition coefficient (Wildman–Crippen LogP) is 4.61. The van der Waals surface area contributed by atoms with E-state index in [-0.39, 0.29) is 42.5 Å². The lowest BCUT2D eigenvalue weighted by Crippen LogP contribution is -2.45. The average molecular weight is 428 g/mol. The third-order valence-corrected chi connectivity index (χ3v) is 4.59. The molecule has 28 heavy (non-hydrogen) atoms. The highest BCUT2D eigenvalue weighted by molar-refractivity contribution is 5.85. The van der Waals surface area contributed by atoms with Crippen LogP contribution in [0.25, 0.3) is 11.3 Å². The Morgan fingerprint density at radius 1 is 1.07 bits per heavy atom. The van der Waals surface area contributed by atoms with E-state index in [1.54, 1.807) is 30.5 Å². The Morgan fingerprint density at radius 3 is 2.57 bits per heavy atom. The molecule has 150 valence electrons. The molecule has 3 aromatic rings. The smallest absolute Gasteiger partial charge is 0.209 e. The summed E-state index contributed by atoms with van der Waals surface area (Å²) in [5.74, 6) is 0.552. The molecule has 1 fully saturated rings. The second kappa shape index (κ2) is 9.98. The molecule has 8 heteroatoms. The van der Waals surface area contributed by atoms with Crippen LogP contribution in [0.5, 0.6) is 0 Å². The zero-order valence-corrected chi connectivity index (χ0v) is 16.6. The molecule has 1 unspecified atom stereocenters. The van der Waals surface area contributed by atoms with Crippen molar-refractivity contribution in [3.63, 3.8) is 0 Å². The van der Waals surface area contributed by atoms with Crippen LogP contribution in [-0.4, -0.2) is 29.5 Å². The molecule has 1 aliphatic heterocycles. The van der Waals surface area contributed by atoms with Crippen molar-refractivity contribution >= 4 is 24.8 Å². The van der Waals surface area contributed by atoms with E-state index >= 15 is 0 Å². The van der Waals surface area contributed by atoms with Gasteiger partial charge < -0.3 is 9.73 Å². The topological polar surface area (TPSA) is 41.3 Å². The van der Waals surface area contributed by atoms with Crippen LogP contribution in [0.4, 0.5) is 8.78 Å². The number of hydrogen-bond donors (Lipinski definition) is 1. The fourth-order valence-corrected chi connectivity index (χ4v) is 3.31. The van der Waals surface area contributed by atoms with E-state index in [1.807, 2.05) is 6.07 Å². The van der Waals surface area contributed by atoms with E-state index in [0.29, 0.717) is 23.8 Å². The summed E-state index contributed by atoms with van der Waals surface area (Å²) in [6, 6.07) is 13.0. The maximum Gasteiger partial charge on any atom is 0.209 e. The minimum absolute atomic E-state index is 0. The second-order valence-corrected chi connectivity index (χ2v) is 6.37. The summed E-state index contributed by atoms with van der Waals surface area (Å²) in [4.78, 5) is 6.55. The third kappa shape index (κ3) is 5.08. The highest BCUT2D eigenvalue weighted by atomic mass is 35.5. The standard InChI is InChI=1S/C20H19F2N3O.2ClH/c21-16-5-1-3-14(9-16)18-11-23-7-8-25(18)13-20-24-12-19(26-20)15-4-2-6-17(22)10-15;;/h1-6,9-10,12,18,23H,7-8,11,13H2;2*1H. The first kappa shape index (κ1) is 22.3. The van der Waals surface area contributed by atoms with Crippen molar-refractivity contribution in [2.45, 2.75) is 12.6 Å². The van der Waals surface area contributed by atoms with Crippen LogP contribution in [-0.2, 0) is 6.54 Å². The van der Waals surface area contributed by atoms with Gasteiger partial charge in [-0.3, -0.25) is 4.90 Å². The molecule has 1 aliphatic rings. The molecule has 4 rings (SSSR count). The Morgan fingerprint density at radius 2 is 1.82 bits per heavy atom. The maximum atomic E-state index is 13.6. The molecular weight excluding hydrogens is 407 g/mol. The first-order valence-corrected chi connectivity index (χ1v) is 8.60. The van der Waals surface area contributed by atoms with Crippen molar-refractivity contribution in [2.75, 3.05) is 19.6 Å². The lowest BCUT2D eigenvalue weighted by Gasteiger charge is -2.35. The number of piperazine rings is 1. The van der Waals surface area contributed by atoms with E-state index in [4.69, 9.17) is 4.42 Å². The lowest BCUT2D eigenvalue weighted by atomic mass is 10.0. The van der Waals surface area contributed by atoms with Crippen LogP contribution in [0.3, 0.4) is 0 Å². The van der Waals surface area contributed by atoms with E-state index in [1.165, 1.54) is 18.2 Å². The highest BCUT2D eigenvalue weighted by Crippen LogP contribution is 2.26. The molecule has 2 heterocycles. The summed E-state index contributed by atoms with van der Waals surface area (Å²) in [5, 5.41) is 3.35. The Kier molecular flexibility index (Phi) is 7.95. The molecule has 0 aliphatic carbocycles. The molecule has 1 aromatic heterocycles. The van der Waals surface area contributed by atoms with Crippen molar-refractivity contribution < 1.29 is 13.2 Å². The van der Waals surface area contributed by atoms with Crippen LogP contribution < -0.4 is 5.32 Å². The van der Waals surface area contributed by atoms with Crippen LogP contribution in [0, 0.1) is 11.6 Å². The molecule has 0 amide bonds. The van der Waals surface area contributed by atoms with Crippen LogP contribution >= 0.6 is 24.8 Å². The van der Waals surface area contributed by atoms with Gasteiger partial charge in [-0.25, -0.2) is 13.8 Å². The Balaban J connectivity index is 0.00000140. The average Bonchev–Trinajstić information content (AvgIpc) is 3.11. The first-order chi connectivity index (χ1) is 12.7. The van der Waals surface area contributed by atoms with Crippen LogP contribution in [0.2, 0.25) is 0 Å². The molecule has 1 N–H and O–H groups in total. The maximum absolute atomic E-state index is 13.6. The van der Waals surface area contributed by atoms with Gasteiger partial charge in [-0.1, -0.05) is 24.3 Å². The fraction of sp³-hybridized carbons (Fsp3) is 0.250. The molecule has 2 aromatic carbocycles. The molecule has 1 atom stereocenters. The number of benzene rings is 2. The van der Waals surface area contributed by atoms with Gasteiger partial charge in [0.1, 0.15) is 11.6 Å². The monoisotopic (exact) mass is 427 g/mol. The van der Waals surface area contributed by atoms with Gasteiger partial charge in [-0.05, 0) is 29.8 Å². The SMILES string of the molecule is Cl.Cl.Fc1cccc(-c2cnc(CN3CCNCC3c3cccc(F)c3)o2)c1. The number of hydrogen-bond acceptors (Lipinski definition) is 4. The van der Waals surface area contributed by atoms with Crippen LogP contribution in [0.1, 0.15) is 17.5 Å². The largest absolute Gasteiger partial charge is 0.439 e. The molecule has 4 nitrogen and oxygen atoms in total. The number of halogens is 4. The number of aromatic nitrogens is 1. The van der Waals surface area contributed by atoms with Gasteiger partial charge >= 0.3 is 0 Å².